The lowest BCUT2D eigenvalue weighted by molar-refractivity contribution is 0.322. The molecule has 1 nitrogen and oxygen atoms in total. The van der Waals surface area contributed by atoms with Gasteiger partial charge in [-0.3, -0.25) is 4.90 Å². The van der Waals surface area contributed by atoms with Gasteiger partial charge in [-0.2, -0.15) is 0 Å². The average Bonchev–Trinajstić information content (AvgIpc) is 2.86. The van der Waals surface area contributed by atoms with Crippen LogP contribution in [-0.4, -0.2) is 24.5 Å². The minimum absolute atomic E-state index is 0.849. The Bertz CT molecular complexity index is 499. The highest BCUT2D eigenvalue weighted by molar-refractivity contribution is 4.98. The maximum atomic E-state index is 4.42. The van der Waals surface area contributed by atoms with E-state index in [1.165, 1.54) is 140 Å². The molecule has 0 amide bonds. The molecule has 35 heavy (non-hydrogen) atoms. The molecule has 0 N–H and O–H groups in total. The minimum Gasteiger partial charge on any atom is -0.300 e. The highest BCUT2D eigenvalue weighted by atomic mass is 15.1. The molecule has 0 saturated carbocycles. The van der Waals surface area contributed by atoms with Gasteiger partial charge in [0.15, 0.2) is 0 Å². The van der Waals surface area contributed by atoms with Crippen molar-refractivity contribution in [3.05, 3.63) is 36.5 Å². The molecule has 0 aliphatic carbocycles. The van der Waals surface area contributed by atoms with E-state index in [0.717, 1.165) is 25.6 Å². The van der Waals surface area contributed by atoms with Crippen LogP contribution in [0.15, 0.2) is 36.5 Å². The van der Waals surface area contributed by atoms with Gasteiger partial charge in [-0.25, -0.2) is 0 Å². The standard InChI is InChI=1S/C34H65N/c1-7-11-12-13-14-15-16-17-18-19-20-21-22-23-24-26-32(5)27-29-34(25-8-2)30-28-33(6)31-35(9-3)10-4/h14-15,34H,5-13,16-31H2,1-4H3/b15-14-. The summed E-state index contributed by atoms with van der Waals surface area (Å²) in [6.07, 6.45) is 31.7. The second-order valence-electron chi connectivity index (χ2n) is 11.0. The Kier molecular flexibility index (Phi) is 25.6. The first-order chi connectivity index (χ1) is 17.1. The van der Waals surface area contributed by atoms with Gasteiger partial charge in [-0.15, -0.1) is 0 Å². The van der Waals surface area contributed by atoms with Crippen molar-refractivity contribution in [1.29, 1.82) is 0 Å². The van der Waals surface area contributed by atoms with Gasteiger partial charge in [0.25, 0.3) is 0 Å². The van der Waals surface area contributed by atoms with Crippen molar-refractivity contribution < 1.29 is 0 Å². The van der Waals surface area contributed by atoms with E-state index in [-0.39, 0.29) is 0 Å². The summed E-state index contributed by atoms with van der Waals surface area (Å²) >= 11 is 0. The van der Waals surface area contributed by atoms with Crippen LogP contribution >= 0.6 is 0 Å². The highest BCUT2D eigenvalue weighted by Crippen LogP contribution is 2.25. The van der Waals surface area contributed by atoms with Crippen molar-refractivity contribution in [2.75, 3.05) is 19.6 Å². The van der Waals surface area contributed by atoms with Gasteiger partial charge in [0.2, 0.25) is 0 Å². The van der Waals surface area contributed by atoms with Crippen molar-refractivity contribution >= 4 is 0 Å². The molecule has 0 spiro atoms. The third-order valence-corrected chi connectivity index (χ3v) is 7.64. The molecule has 0 bridgehead atoms. The lowest BCUT2D eigenvalue weighted by atomic mass is 9.89. The summed E-state index contributed by atoms with van der Waals surface area (Å²) in [6.45, 7) is 21.2. The van der Waals surface area contributed by atoms with Crippen LogP contribution in [0, 0.1) is 5.92 Å². The van der Waals surface area contributed by atoms with Gasteiger partial charge >= 0.3 is 0 Å². The fourth-order valence-corrected chi connectivity index (χ4v) is 5.07. The summed E-state index contributed by atoms with van der Waals surface area (Å²) in [6, 6.07) is 0. The molecule has 0 saturated heterocycles. The molecule has 0 radical (unpaired) electrons. The lowest BCUT2D eigenvalue weighted by Gasteiger charge is -2.21. The monoisotopic (exact) mass is 488 g/mol. The van der Waals surface area contributed by atoms with Crippen molar-refractivity contribution in [3.63, 3.8) is 0 Å². The highest BCUT2D eigenvalue weighted by Gasteiger charge is 2.11. The second kappa shape index (κ2) is 26.2. The number of likely N-dealkylation sites (N-methyl/N-ethyl adjacent to an activating group) is 1. The van der Waals surface area contributed by atoms with Gasteiger partial charge in [0.05, 0.1) is 0 Å². The molecule has 0 aromatic carbocycles. The third-order valence-electron chi connectivity index (χ3n) is 7.64. The number of allylic oxidation sites excluding steroid dienone is 3. The normalized spacial score (nSPS) is 12.6. The molecule has 0 aromatic heterocycles. The molecular formula is C34H65N. The van der Waals surface area contributed by atoms with E-state index in [1.54, 1.807) is 0 Å². The zero-order valence-corrected chi connectivity index (χ0v) is 24.9. The van der Waals surface area contributed by atoms with Crippen LogP contribution in [0.25, 0.3) is 0 Å². The Labute approximate surface area is 222 Å². The zero-order valence-electron chi connectivity index (χ0n) is 24.9. The van der Waals surface area contributed by atoms with Crippen LogP contribution in [0.5, 0.6) is 0 Å². The average molecular weight is 488 g/mol. The van der Waals surface area contributed by atoms with Gasteiger partial charge in [0.1, 0.15) is 0 Å². The predicted octanol–water partition coefficient (Wildman–Crippen LogP) is 11.5. The minimum atomic E-state index is 0.849. The SMILES string of the molecule is C=C(CCCCCCCCCC/C=C\CCCCC)CCC(CCC)CCC(=C)CN(CC)CC. The summed E-state index contributed by atoms with van der Waals surface area (Å²) in [5.74, 6) is 0.849. The molecule has 0 heterocycles. The Morgan fingerprint density at radius 1 is 0.571 bits per heavy atom. The molecule has 1 unspecified atom stereocenters. The molecule has 1 atom stereocenters. The first-order valence-electron chi connectivity index (χ1n) is 15.8. The molecule has 0 aromatic rings. The summed E-state index contributed by atoms with van der Waals surface area (Å²) in [5, 5.41) is 0. The van der Waals surface area contributed by atoms with Crippen molar-refractivity contribution in [2.45, 2.75) is 156 Å². The van der Waals surface area contributed by atoms with E-state index < -0.39 is 0 Å². The van der Waals surface area contributed by atoms with Crippen molar-refractivity contribution in [3.8, 4) is 0 Å². The fraction of sp³-hybridized carbons (Fsp3) is 0.824. The van der Waals surface area contributed by atoms with Crippen LogP contribution in [0.1, 0.15) is 156 Å². The Morgan fingerprint density at radius 3 is 1.63 bits per heavy atom. The van der Waals surface area contributed by atoms with E-state index in [2.05, 4.69) is 57.9 Å². The van der Waals surface area contributed by atoms with E-state index in [0.29, 0.717) is 0 Å². The van der Waals surface area contributed by atoms with Crippen LogP contribution in [-0.2, 0) is 0 Å². The predicted molar refractivity (Wildman–Crippen MR) is 162 cm³/mol. The van der Waals surface area contributed by atoms with E-state index in [4.69, 9.17) is 0 Å². The topological polar surface area (TPSA) is 3.24 Å². The van der Waals surface area contributed by atoms with E-state index in [1.807, 2.05) is 0 Å². The van der Waals surface area contributed by atoms with Crippen LogP contribution in [0.4, 0.5) is 0 Å². The molecule has 0 fully saturated rings. The zero-order chi connectivity index (χ0) is 26.0. The third kappa shape index (κ3) is 23.3. The first-order valence-corrected chi connectivity index (χ1v) is 15.8. The molecular weight excluding hydrogens is 422 g/mol. The smallest absolute Gasteiger partial charge is 0.0189 e. The summed E-state index contributed by atoms with van der Waals surface area (Å²) < 4.78 is 0. The van der Waals surface area contributed by atoms with Gasteiger partial charge < -0.3 is 0 Å². The Morgan fingerprint density at radius 2 is 1.09 bits per heavy atom. The molecule has 0 rings (SSSR count). The van der Waals surface area contributed by atoms with Crippen molar-refractivity contribution in [1.82, 2.24) is 4.90 Å². The maximum absolute atomic E-state index is 4.42. The fourth-order valence-electron chi connectivity index (χ4n) is 5.07. The number of hydrogen-bond donors (Lipinski definition) is 0. The summed E-state index contributed by atoms with van der Waals surface area (Å²) in [4.78, 5) is 2.48. The number of hydrogen-bond acceptors (Lipinski definition) is 1. The van der Waals surface area contributed by atoms with Gasteiger partial charge in [-0.05, 0) is 83.2 Å². The summed E-state index contributed by atoms with van der Waals surface area (Å²) in [5.41, 5.74) is 2.92. The number of rotatable bonds is 27. The van der Waals surface area contributed by atoms with E-state index in [9.17, 15) is 0 Å². The van der Waals surface area contributed by atoms with Crippen LogP contribution in [0.2, 0.25) is 0 Å². The molecule has 1 heteroatoms. The molecule has 206 valence electrons. The van der Waals surface area contributed by atoms with E-state index >= 15 is 0 Å². The lowest BCUT2D eigenvalue weighted by Crippen LogP contribution is -2.25. The van der Waals surface area contributed by atoms with Crippen LogP contribution in [0.3, 0.4) is 0 Å². The Hall–Kier alpha value is -0.820. The number of unbranched alkanes of at least 4 members (excludes halogenated alkanes) is 11. The van der Waals surface area contributed by atoms with Crippen LogP contribution < -0.4 is 0 Å². The second-order valence-corrected chi connectivity index (χ2v) is 11.0. The Balaban J connectivity index is 3.69. The number of nitrogens with zero attached hydrogens (tertiary/aromatic N) is 1. The first kappa shape index (κ1) is 34.2. The largest absolute Gasteiger partial charge is 0.300 e. The maximum Gasteiger partial charge on any atom is 0.0189 e. The quantitative estimate of drug-likeness (QED) is 0.0822. The van der Waals surface area contributed by atoms with Crippen molar-refractivity contribution in [2.24, 2.45) is 5.92 Å². The summed E-state index contributed by atoms with van der Waals surface area (Å²) in [7, 11) is 0. The molecule has 0 aliphatic heterocycles. The molecule has 0 aliphatic rings. The van der Waals surface area contributed by atoms with Gasteiger partial charge in [-0.1, -0.05) is 128 Å². The van der Waals surface area contributed by atoms with Gasteiger partial charge in [0, 0.05) is 6.54 Å².